The van der Waals surface area contributed by atoms with Gasteiger partial charge in [0.1, 0.15) is 11.6 Å². The maximum atomic E-state index is 13.0. The summed E-state index contributed by atoms with van der Waals surface area (Å²) in [5.41, 5.74) is 1.00. The third-order valence-corrected chi connectivity index (χ3v) is 6.21. The topological polar surface area (TPSA) is 110 Å². The van der Waals surface area contributed by atoms with E-state index in [1.165, 1.54) is 12.1 Å². The third-order valence-electron chi connectivity index (χ3n) is 4.34. The summed E-state index contributed by atoms with van der Waals surface area (Å²) in [7, 11) is -4.02. The summed E-state index contributed by atoms with van der Waals surface area (Å²) in [6, 6.07) is 3.47. The number of aliphatic hydroxyl groups is 1. The minimum Gasteiger partial charge on any atom is -0.457 e. The molecule has 156 valence electrons. The Bertz CT molecular complexity index is 858. The molecule has 1 aliphatic rings. The molecule has 0 unspecified atom stereocenters. The van der Waals surface area contributed by atoms with Crippen molar-refractivity contribution in [3.8, 4) is 0 Å². The van der Waals surface area contributed by atoms with E-state index in [-0.39, 0.29) is 17.9 Å². The van der Waals surface area contributed by atoms with Crippen molar-refractivity contribution in [2.75, 3.05) is 13.2 Å². The van der Waals surface area contributed by atoms with Crippen molar-refractivity contribution in [1.82, 2.24) is 4.31 Å². The Morgan fingerprint density at radius 2 is 1.86 bits per heavy atom. The number of hydrogen-bond acceptors (Lipinski definition) is 7. The van der Waals surface area contributed by atoms with Crippen molar-refractivity contribution >= 4 is 22.0 Å². The number of β-amino-alcohol motifs (C(OH)–C–C–N with tert-alkyl or cyclic N) is 1. The maximum Gasteiger partial charge on any atom is 0.344 e. The van der Waals surface area contributed by atoms with Crippen LogP contribution in [0.5, 0.6) is 0 Å². The molecule has 2 atom stereocenters. The van der Waals surface area contributed by atoms with Crippen LogP contribution in [0.2, 0.25) is 0 Å². The summed E-state index contributed by atoms with van der Waals surface area (Å²) in [6.07, 6.45) is -1.10. The predicted molar refractivity (Wildman–Crippen MR) is 101 cm³/mol. The predicted octanol–water partition coefficient (Wildman–Crippen LogP) is 1.31. The number of sulfonamides is 1. The second-order valence-electron chi connectivity index (χ2n) is 7.92. The van der Waals surface area contributed by atoms with E-state index >= 15 is 0 Å². The van der Waals surface area contributed by atoms with Crippen molar-refractivity contribution in [3.05, 3.63) is 29.3 Å². The van der Waals surface area contributed by atoms with Gasteiger partial charge in [0.05, 0.1) is 11.0 Å². The van der Waals surface area contributed by atoms with E-state index in [1.807, 2.05) is 6.92 Å². The largest absolute Gasteiger partial charge is 0.457 e. The van der Waals surface area contributed by atoms with Crippen molar-refractivity contribution in [3.63, 3.8) is 0 Å². The number of esters is 2. The highest BCUT2D eigenvalue weighted by atomic mass is 32.2. The first-order chi connectivity index (χ1) is 12.8. The molecule has 1 aromatic carbocycles. The number of rotatable bonds is 5. The molecule has 0 bridgehead atoms. The zero-order chi connectivity index (χ0) is 21.3. The molecular weight excluding hydrogens is 386 g/mol. The Kier molecular flexibility index (Phi) is 6.52. The smallest absolute Gasteiger partial charge is 0.344 e. The Hall–Kier alpha value is -1.97. The summed E-state index contributed by atoms with van der Waals surface area (Å²) in [5, 5.41) is 9.95. The summed E-state index contributed by atoms with van der Waals surface area (Å²) < 4.78 is 36.9. The summed E-state index contributed by atoms with van der Waals surface area (Å²) in [5.74, 6) is -1.63. The molecule has 1 heterocycles. The average Bonchev–Trinajstić information content (AvgIpc) is 2.96. The molecule has 1 saturated heterocycles. The van der Waals surface area contributed by atoms with E-state index in [2.05, 4.69) is 0 Å². The molecule has 1 aliphatic heterocycles. The maximum absolute atomic E-state index is 13.0. The summed E-state index contributed by atoms with van der Waals surface area (Å²) >= 11 is 0. The monoisotopic (exact) mass is 413 g/mol. The molecule has 0 radical (unpaired) electrons. The second kappa shape index (κ2) is 8.18. The van der Waals surface area contributed by atoms with Gasteiger partial charge < -0.3 is 14.6 Å². The van der Waals surface area contributed by atoms with Crippen LogP contribution in [-0.4, -0.2) is 60.7 Å². The number of benzene rings is 1. The summed E-state index contributed by atoms with van der Waals surface area (Å²) in [4.78, 5) is 24.2. The molecule has 1 aromatic rings. The van der Waals surface area contributed by atoms with Crippen LogP contribution in [0.1, 0.15) is 38.3 Å². The van der Waals surface area contributed by atoms with Crippen molar-refractivity contribution in [2.24, 2.45) is 0 Å². The fraction of sp³-hybridized carbons (Fsp3) is 0.579. The van der Waals surface area contributed by atoms with Crippen LogP contribution in [0, 0.1) is 13.8 Å². The number of hydrogen-bond donors (Lipinski definition) is 1. The van der Waals surface area contributed by atoms with Gasteiger partial charge in [-0.3, -0.25) is 4.79 Å². The lowest BCUT2D eigenvalue weighted by Crippen LogP contribution is -2.42. The molecule has 0 amide bonds. The van der Waals surface area contributed by atoms with E-state index in [4.69, 9.17) is 9.47 Å². The number of carbonyl (C=O) groups excluding carboxylic acids is 2. The fourth-order valence-electron chi connectivity index (χ4n) is 2.87. The first-order valence-electron chi connectivity index (χ1n) is 8.97. The number of carbonyl (C=O) groups is 2. The number of aryl methyl sites for hydroxylation is 2. The quantitative estimate of drug-likeness (QED) is 0.725. The van der Waals surface area contributed by atoms with Crippen LogP contribution in [0.3, 0.4) is 0 Å². The lowest BCUT2D eigenvalue weighted by molar-refractivity contribution is -0.167. The van der Waals surface area contributed by atoms with Gasteiger partial charge in [0.2, 0.25) is 10.0 Å². The van der Waals surface area contributed by atoms with E-state index in [9.17, 15) is 23.1 Å². The van der Waals surface area contributed by atoms with Gasteiger partial charge in [0.25, 0.3) is 0 Å². The van der Waals surface area contributed by atoms with Crippen molar-refractivity contribution in [1.29, 1.82) is 0 Å². The van der Waals surface area contributed by atoms with Gasteiger partial charge in [0.15, 0.2) is 6.61 Å². The Morgan fingerprint density at radius 3 is 2.43 bits per heavy atom. The van der Waals surface area contributed by atoms with E-state index < -0.39 is 46.3 Å². The second-order valence-corrected chi connectivity index (χ2v) is 9.81. The van der Waals surface area contributed by atoms with Crippen LogP contribution >= 0.6 is 0 Å². The molecule has 0 saturated carbocycles. The van der Waals surface area contributed by atoms with Crippen LogP contribution < -0.4 is 0 Å². The highest BCUT2D eigenvalue weighted by Gasteiger charge is 2.44. The normalized spacial score (nSPS) is 20.8. The summed E-state index contributed by atoms with van der Waals surface area (Å²) in [6.45, 7) is 7.84. The number of ether oxygens (including phenoxy) is 2. The van der Waals surface area contributed by atoms with Gasteiger partial charge in [-0.1, -0.05) is 6.07 Å². The number of nitrogens with zero attached hydrogens (tertiary/aromatic N) is 1. The van der Waals surface area contributed by atoms with Crippen LogP contribution in [0.15, 0.2) is 23.1 Å². The molecule has 9 heteroatoms. The van der Waals surface area contributed by atoms with Gasteiger partial charge in [-0.15, -0.1) is 0 Å². The van der Waals surface area contributed by atoms with Crippen LogP contribution in [-0.2, 0) is 29.1 Å². The van der Waals surface area contributed by atoms with Gasteiger partial charge in [0, 0.05) is 13.0 Å². The highest BCUT2D eigenvalue weighted by molar-refractivity contribution is 7.89. The Morgan fingerprint density at radius 1 is 1.21 bits per heavy atom. The van der Waals surface area contributed by atoms with Crippen molar-refractivity contribution in [2.45, 2.75) is 63.7 Å². The minimum atomic E-state index is -4.02. The molecule has 8 nitrogen and oxygen atoms in total. The average molecular weight is 413 g/mol. The number of aliphatic hydroxyl groups excluding tert-OH is 1. The van der Waals surface area contributed by atoms with Gasteiger partial charge in [-0.05, 0) is 57.9 Å². The standard InChI is InChI=1S/C19H27NO7S/c1-12-6-7-15(8-13(12)2)28(24,25)20-10-14(21)9-16(20)18(23)26-11-17(22)27-19(3,4)5/h6-8,14,16,21H,9-11H2,1-5H3/t14-,16+/m1/s1. The lowest BCUT2D eigenvalue weighted by atomic mass is 10.1. The third kappa shape index (κ3) is 5.30. The van der Waals surface area contributed by atoms with Gasteiger partial charge in [-0.2, -0.15) is 4.31 Å². The zero-order valence-corrected chi connectivity index (χ0v) is 17.6. The molecule has 0 aliphatic carbocycles. The van der Waals surface area contributed by atoms with Gasteiger partial charge >= 0.3 is 11.9 Å². The van der Waals surface area contributed by atoms with Crippen LogP contribution in [0.4, 0.5) is 0 Å². The van der Waals surface area contributed by atoms with E-state index in [0.29, 0.717) is 0 Å². The Labute approximate surface area is 165 Å². The zero-order valence-electron chi connectivity index (χ0n) is 16.8. The van der Waals surface area contributed by atoms with Crippen molar-refractivity contribution < 1.29 is 32.6 Å². The first-order valence-corrected chi connectivity index (χ1v) is 10.4. The molecule has 1 N–H and O–H groups in total. The van der Waals surface area contributed by atoms with E-state index in [1.54, 1.807) is 33.8 Å². The van der Waals surface area contributed by atoms with Crippen LogP contribution in [0.25, 0.3) is 0 Å². The molecule has 1 fully saturated rings. The highest BCUT2D eigenvalue weighted by Crippen LogP contribution is 2.28. The Balaban J connectivity index is 2.16. The minimum absolute atomic E-state index is 0.0367. The lowest BCUT2D eigenvalue weighted by Gasteiger charge is -2.23. The van der Waals surface area contributed by atoms with E-state index in [0.717, 1.165) is 15.4 Å². The fourth-order valence-corrected chi connectivity index (χ4v) is 4.58. The molecular formula is C19H27NO7S. The molecule has 0 aromatic heterocycles. The SMILES string of the molecule is Cc1ccc(S(=O)(=O)N2C[C@H](O)C[C@H]2C(=O)OCC(=O)OC(C)(C)C)cc1C. The first kappa shape index (κ1) is 22.3. The molecule has 2 rings (SSSR count). The molecule has 28 heavy (non-hydrogen) atoms. The molecule has 0 spiro atoms. The van der Waals surface area contributed by atoms with Gasteiger partial charge in [-0.25, -0.2) is 13.2 Å².